The molecule has 2 fully saturated rings. The maximum Gasteiger partial charge on any atom is 0.236 e. The predicted octanol–water partition coefficient (Wildman–Crippen LogP) is 1.77. The van der Waals surface area contributed by atoms with Gasteiger partial charge in [0.25, 0.3) is 0 Å². The van der Waals surface area contributed by atoms with Gasteiger partial charge in [-0.15, -0.1) is 0 Å². The van der Waals surface area contributed by atoms with E-state index in [-0.39, 0.29) is 31.9 Å². The summed E-state index contributed by atoms with van der Waals surface area (Å²) in [6.45, 7) is 5.76. The van der Waals surface area contributed by atoms with Gasteiger partial charge in [0.05, 0.1) is 30.0 Å². The summed E-state index contributed by atoms with van der Waals surface area (Å²) < 4.78 is 5.80. The van der Waals surface area contributed by atoms with E-state index in [9.17, 15) is 4.79 Å². The summed E-state index contributed by atoms with van der Waals surface area (Å²) in [5.74, 6) is 0.603. The highest BCUT2D eigenvalue weighted by atomic mass is 32.1. The normalized spacial score (nSPS) is 17.8. The monoisotopic (exact) mass is 506 g/mol. The van der Waals surface area contributed by atoms with Crippen molar-refractivity contribution in [3.63, 3.8) is 0 Å². The van der Waals surface area contributed by atoms with Crippen molar-refractivity contribution in [1.82, 2.24) is 25.2 Å². The number of nitrogens with one attached hydrogen (secondary N) is 2. The van der Waals surface area contributed by atoms with E-state index < -0.39 is 0 Å². The maximum atomic E-state index is 12.0. The van der Waals surface area contributed by atoms with E-state index in [0.717, 1.165) is 54.2 Å². The second-order valence-corrected chi connectivity index (χ2v) is 8.61. The molecule has 10 nitrogen and oxygen atoms in total. The third kappa shape index (κ3) is 5.84. The van der Waals surface area contributed by atoms with Crippen LogP contribution in [0.1, 0.15) is 6.42 Å². The minimum atomic E-state index is -0.0938. The zero-order valence-electron chi connectivity index (χ0n) is 20.0. The van der Waals surface area contributed by atoms with Crippen molar-refractivity contribution in [2.24, 2.45) is 0 Å². The Morgan fingerprint density at radius 2 is 1.94 bits per heavy atom. The molecule has 1 amide bonds. The Bertz CT molecular complexity index is 1220. The number of nitrogens with zero attached hydrogens (tertiary/aromatic N) is 6. The van der Waals surface area contributed by atoms with Crippen LogP contribution in [-0.2, 0) is 9.53 Å². The molecule has 188 valence electrons. The third-order valence-corrected chi connectivity index (χ3v) is 6.35. The molecule has 3 aromatic rings. The number of nitriles is 1. The molecule has 0 saturated carbocycles. The van der Waals surface area contributed by atoms with Crippen molar-refractivity contribution in [1.29, 1.82) is 5.26 Å². The number of aromatic nitrogens is 3. The fourth-order valence-electron chi connectivity index (χ4n) is 4.44. The number of amides is 1. The van der Waals surface area contributed by atoms with Gasteiger partial charge in [0.2, 0.25) is 5.91 Å². The fraction of sp³-hybridized carbons (Fsp3) is 0.400. The van der Waals surface area contributed by atoms with E-state index in [4.69, 9.17) is 15.0 Å². The smallest absolute Gasteiger partial charge is 0.236 e. The number of hydrogen-bond donors (Lipinski definition) is 2. The number of benzene rings is 1. The molecular formula is C25H30N8O2S. The Morgan fingerprint density at radius 3 is 2.67 bits per heavy atom. The molecule has 2 aliphatic heterocycles. The van der Waals surface area contributed by atoms with E-state index >= 15 is 0 Å². The molecule has 1 atom stereocenters. The third-order valence-electron chi connectivity index (χ3n) is 6.35. The molecule has 0 spiro atoms. The van der Waals surface area contributed by atoms with Gasteiger partial charge in [-0.1, -0.05) is 12.1 Å². The summed E-state index contributed by atoms with van der Waals surface area (Å²) in [4.78, 5) is 29.8. The van der Waals surface area contributed by atoms with E-state index in [1.807, 2.05) is 12.1 Å². The number of piperazine rings is 1. The van der Waals surface area contributed by atoms with Crippen LogP contribution in [0, 0.1) is 11.3 Å². The molecule has 2 saturated heterocycles. The molecule has 5 rings (SSSR count). The van der Waals surface area contributed by atoms with Crippen LogP contribution in [-0.4, -0.2) is 84.3 Å². The van der Waals surface area contributed by atoms with Gasteiger partial charge < -0.3 is 25.2 Å². The Kier molecular flexibility index (Phi) is 8.53. The SMILES string of the molecule is N#CCC(=O)N1CCN(c2ccc(-c3cc4nccnc4c(NC[C@@H]4CNCCO4)n3)cc2)CC1.S. The first-order chi connectivity index (χ1) is 17.2. The van der Waals surface area contributed by atoms with Crippen LogP contribution in [0.15, 0.2) is 42.7 Å². The first-order valence-electron chi connectivity index (χ1n) is 11.9. The average Bonchev–Trinajstić information content (AvgIpc) is 2.92. The highest BCUT2D eigenvalue weighted by Crippen LogP contribution is 2.27. The Balaban J connectivity index is 0.00000304. The van der Waals surface area contributed by atoms with Gasteiger partial charge in [-0.3, -0.25) is 9.78 Å². The van der Waals surface area contributed by atoms with Crippen molar-refractivity contribution in [2.45, 2.75) is 12.5 Å². The zero-order chi connectivity index (χ0) is 24.0. The van der Waals surface area contributed by atoms with Crippen LogP contribution in [0.4, 0.5) is 11.5 Å². The molecular weight excluding hydrogens is 476 g/mol. The first kappa shape index (κ1) is 25.6. The van der Waals surface area contributed by atoms with E-state index in [1.54, 1.807) is 17.3 Å². The summed E-state index contributed by atoms with van der Waals surface area (Å²) >= 11 is 0. The first-order valence-corrected chi connectivity index (χ1v) is 11.9. The highest BCUT2D eigenvalue weighted by Gasteiger charge is 2.21. The van der Waals surface area contributed by atoms with Crippen molar-refractivity contribution >= 4 is 41.9 Å². The van der Waals surface area contributed by atoms with Crippen LogP contribution < -0.4 is 15.5 Å². The molecule has 0 aliphatic carbocycles. The molecule has 0 unspecified atom stereocenters. The number of carbonyl (C=O) groups excluding carboxylic acids is 1. The number of rotatable bonds is 6. The lowest BCUT2D eigenvalue weighted by Crippen LogP contribution is -2.48. The Hall–Kier alpha value is -3.46. The number of anilines is 2. The van der Waals surface area contributed by atoms with Crippen LogP contribution in [0.2, 0.25) is 0 Å². The quantitative estimate of drug-likeness (QED) is 0.515. The van der Waals surface area contributed by atoms with Gasteiger partial charge in [-0.05, 0) is 18.2 Å². The molecule has 11 heteroatoms. The lowest BCUT2D eigenvalue weighted by molar-refractivity contribution is -0.130. The maximum absolute atomic E-state index is 12.0. The summed E-state index contributed by atoms with van der Waals surface area (Å²) in [6.07, 6.45) is 3.39. The number of ether oxygens (including phenoxy) is 1. The predicted molar refractivity (Wildman–Crippen MR) is 143 cm³/mol. The molecule has 1 aromatic carbocycles. The lowest BCUT2D eigenvalue weighted by Gasteiger charge is -2.35. The molecule has 36 heavy (non-hydrogen) atoms. The van der Waals surface area contributed by atoms with E-state index in [2.05, 4.69) is 49.8 Å². The summed E-state index contributed by atoms with van der Waals surface area (Å²) in [6, 6.07) is 12.2. The van der Waals surface area contributed by atoms with Crippen LogP contribution in [0.25, 0.3) is 22.3 Å². The van der Waals surface area contributed by atoms with Crippen molar-refractivity contribution in [3.8, 4) is 17.3 Å². The highest BCUT2D eigenvalue weighted by molar-refractivity contribution is 7.59. The van der Waals surface area contributed by atoms with Gasteiger partial charge in [0.1, 0.15) is 11.9 Å². The molecule has 0 radical (unpaired) electrons. The van der Waals surface area contributed by atoms with Crippen LogP contribution >= 0.6 is 13.5 Å². The number of fused-ring (bicyclic) bond motifs is 1. The van der Waals surface area contributed by atoms with Gasteiger partial charge in [0, 0.05) is 69.5 Å². The summed E-state index contributed by atoms with van der Waals surface area (Å²) in [5, 5.41) is 15.5. The Labute approximate surface area is 217 Å². The van der Waals surface area contributed by atoms with Crippen molar-refractivity contribution in [2.75, 3.05) is 62.6 Å². The van der Waals surface area contributed by atoms with E-state index in [0.29, 0.717) is 32.1 Å². The molecule has 4 heterocycles. The van der Waals surface area contributed by atoms with Crippen molar-refractivity contribution < 1.29 is 9.53 Å². The number of pyridine rings is 1. The van der Waals surface area contributed by atoms with Gasteiger partial charge in [0.15, 0.2) is 5.82 Å². The van der Waals surface area contributed by atoms with Crippen LogP contribution in [0.5, 0.6) is 0 Å². The number of hydrogen-bond acceptors (Lipinski definition) is 9. The van der Waals surface area contributed by atoms with Crippen LogP contribution in [0.3, 0.4) is 0 Å². The summed E-state index contributed by atoms with van der Waals surface area (Å²) in [7, 11) is 0. The van der Waals surface area contributed by atoms with E-state index in [1.165, 1.54) is 0 Å². The molecule has 2 aromatic heterocycles. The standard InChI is InChI=1S/C25H28N8O2.H2S/c26-6-5-23(34)33-12-10-32(11-13-33)19-3-1-18(2-4-19)21-15-22-24(29-8-7-28-22)25(31-21)30-17-20-16-27-9-14-35-20;/h1-4,7-8,15,20,27H,5,9-14,16-17H2,(H,30,31);1H2/t20-;/m0./s1. The molecule has 0 bridgehead atoms. The van der Waals surface area contributed by atoms with Crippen molar-refractivity contribution in [3.05, 3.63) is 42.7 Å². The average molecular weight is 507 g/mol. The Morgan fingerprint density at radius 1 is 1.17 bits per heavy atom. The second-order valence-electron chi connectivity index (χ2n) is 8.61. The summed E-state index contributed by atoms with van der Waals surface area (Å²) in [5.41, 5.74) is 4.43. The zero-order valence-corrected chi connectivity index (χ0v) is 21.0. The topological polar surface area (TPSA) is 119 Å². The molecule has 2 N–H and O–H groups in total. The van der Waals surface area contributed by atoms with Gasteiger partial charge >= 0.3 is 0 Å². The number of morpholine rings is 1. The lowest BCUT2D eigenvalue weighted by atomic mass is 10.1. The number of carbonyl (C=O) groups is 1. The largest absolute Gasteiger partial charge is 0.374 e. The molecule has 2 aliphatic rings. The minimum absolute atomic E-state index is 0. The second kappa shape index (κ2) is 12.0. The minimum Gasteiger partial charge on any atom is -0.374 e. The fourth-order valence-corrected chi connectivity index (χ4v) is 4.44. The van der Waals surface area contributed by atoms with Gasteiger partial charge in [-0.25, -0.2) is 9.97 Å². The van der Waals surface area contributed by atoms with Gasteiger partial charge in [-0.2, -0.15) is 18.8 Å².